The van der Waals surface area contributed by atoms with Gasteiger partial charge >= 0.3 is 0 Å². The number of benzene rings is 1. The molecule has 5 heteroatoms. The summed E-state index contributed by atoms with van der Waals surface area (Å²) < 4.78 is 0. The summed E-state index contributed by atoms with van der Waals surface area (Å²) in [6, 6.07) is 8.64. The van der Waals surface area contributed by atoms with E-state index in [1.807, 2.05) is 6.07 Å². The zero-order valence-corrected chi connectivity index (χ0v) is 11.2. The van der Waals surface area contributed by atoms with Crippen molar-refractivity contribution in [3.8, 4) is 0 Å². The van der Waals surface area contributed by atoms with E-state index >= 15 is 0 Å². The number of pyridine rings is 1. The van der Waals surface area contributed by atoms with E-state index in [1.165, 1.54) is 6.07 Å². The molecule has 2 N–H and O–H groups in total. The third kappa shape index (κ3) is 2.79. The van der Waals surface area contributed by atoms with Crippen LogP contribution in [0.4, 0.5) is 0 Å². The van der Waals surface area contributed by atoms with Crippen LogP contribution in [0.1, 0.15) is 10.4 Å². The summed E-state index contributed by atoms with van der Waals surface area (Å²) in [4.78, 5) is 28.4. The molecular formula is C15H17N3O2. The van der Waals surface area contributed by atoms with Gasteiger partial charge in [-0.2, -0.15) is 0 Å². The van der Waals surface area contributed by atoms with Crippen LogP contribution in [0.5, 0.6) is 0 Å². The summed E-state index contributed by atoms with van der Waals surface area (Å²) in [5, 5.41) is 4.16. The fourth-order valence-corrected chi connectivity index (χ4v) is 2.49. The number of rotatable bonds is 3. The summed E-state index contributed by atoms with van der Waals surface area (Å²) in [7, 11) is 0. The Balaban J connectivity index is 1.80. The number of piperazine rings is 1. The molecule has 0 radical (unpaired) electrons. The first kappa shape index (κ1) is 13.0. The highest BCUT2D eigenvalue weighted by Crippen LogP contribution is 2.13. The lowest BCUT2D eigenvalue weighted by Crippen LogP contribution is -2.45. The van der Waals surface area contributed by atoms with E-state index in [4.69, 9.17) is 0 Å². The molecule has 20 heavy (non-hydrogen) atoms. The van der Waals surface area contributed by atoms with Gasteiger partial charge in [0.15, 0.2) is 5.78 Å². The first-order valence-corrected chi connectivity index (χ1v) is 6.82. The smallest absolute Gasteiger partial charge is 0.248 e. The lowest BCUT2D eigenvalue weighted by molar-refractivity contribution is 0.0921. The Morgan fingerprint density at radius 3 is 2.75 bits per heavy atom. The Labute approximate surface area is 116 Å². The van der Waals surface area contributed by atoms with Gasteiger partial charge in [0.1, 0.15) is 0 Å². The average molecular weight is 271 g/mol. The highest BCUT2D eigenvalue weighted by atomic mass is 16.1. The van der Waals surface area contributed by atoms with Crippen LogP contribution in [0, 0.1) is 0 Å². The molecule has 0 bridgehead atoms. The number of aromatic nitrogens is 1. The highest BCUT2D eigenvalue weighted by molar-refractivity contribution is 6.00. The van der Waals surface area contributed by atoms with Crippen LogP contribution >= 0.6 is 0 Å². The fourth-order valence-electron chi connectivity index (χ4n) is 2.49. The Morgan fingerprint density at radius 2 is 1.95 bits per heavy atom. The van der Waals surface area contributed by atoms with E-state index in [9.17, 15) is 9.59 Å². The zero-order valence-electron chi connectivity index (χ0n) is 11.2. The average Bonchev–Trinajstić information content (AvgIpc) is 2.47. The Bertz CT molecular complexity index is 687. The zero-order chi connectivity index (χ0) is 13.9. The second-order valence-electron chi connectivity index (χ2n) is 5.07. The summed E-state index contributed by atoms with van der Waals surface area (Å²) in [6.07, 6.45) is 0. The summed E-state index contributed by atoms with van der Waals surface area (Å²) in [6.45, 7) is 4.15. The fraction of sp³-hybridized carbons (Fsp3) is 0.333. The molecule has 1 aliphatic heterocycles. The standard InChI is InChI=1S/C15H17N3O2/c19-14(10-18-7-5-16-6-8-18)12-1-3-13-11(9-12)2-4-15(20)17-13/h1-4,9,16H,5-8,10H2,(H,17,20). The first-order valence-electron chi connectivity index (χ1n) is 6.82. The number of Topliss-reactive ketones (excluding diaryl/α,β-unsaturated/α-hetero) is 1. The van der Waals surface area contributed by atoms with Crippen molar-refractivity contribution in [2.24, 2.45) is 0 Å². The van der Waals surface area contributed by atoms with Gasteiger partial charge in [0.2, 0.25) is 5.56 Å². The third-order valence-electron chi connectivity index (χ3n) is 3.62. The van der Waals surface area contributed by atoms with Gasteiger partial charge in [-0.1, -0.05) is 0 Å². The van der Waals surface area contributed by atoms with Crippen molar-refractivity contribution in [1.29, 1.82) is 0 Å². The lowest BCUT2D eigenvalue weighted by Gasteiger charge is -2.26. The van der Waals surface area contributed by atoms with Crippen LogP contribution in [-0.4, -0.2) is 48.4 Å². The van der Waals surface area contributed by atoms with Gasteiger partial charge in [-0.15, -0.1) is 0 Å². The topological polar surface area (TPSA) is 65.2 Å². The predicted octanol–water partition coefficient (Wildman–Crippen LogP) is 0.616. The third-order valence-corrected chi connectivity index (χ3v) is 3.62. The Hall–Kier alpha value is -1.98. The number of ketones is 1. The van der Waals surface area contributed by atoms with Crippen molar-refractivity contribution in [3.05, 3.63) is 46.2 Å². The van der Waals surface area contributed by atoms with E-state index in [2.05, 4.69) is 15.2 Å². The molecule has 0 aliphatic carbocycles. The van der Waals surface area contributed by atoms with E-state index in [1.54, 1.807) is 18.2 Å². The maximum absolute atomic E-state index is 12.3. The van der Waals surface area contributed by atoms with Gasteiger partial charge in [-0.05, 0) is 29.7 Å². The predicted molar refractivity (Wildman–Crippen MR) is 78.2 cm³/mol. The van der Waals surface area contributed by atoms with Crippen LogP contribution < -0.4 is 10.9 Å². The monoisotopic (exact) mass is 271 g/mol. The summed E-state index contributed by atoms with van der Waals surface area (Å²) in [5.74, 6) is 0.125. The number of nitrogens with one attached hydrogen (secondary N) is 2. The highest BCUT2D eigenvalue weighted by Gasteiger charge is 2.15. The van der Waals surface area contributed by atoms with E-state index < -0.39 is 0 Å². The second kappa shape index (κ2) is 5.56. The minimum absolute atomic E-state index is 0.125. The summed E-state index contributed by atoms with van der Waals surface area (Å²) in [5.41, 5.74) is 1.33. The number of carbonyl (C=O) groups is 1. The second-order valence-corrected chi connectivity index (χ2v) is 5.07. The molecule has 0 saturated carbocycles. The molecule has 1 saturated heterocycles. The SMILES string of the molecule is O=C(CN1CCNCC1)c1ccc2[nH]c(=O)ccc2c1. The van der Waals surface area contributed by atoms with Crippen molar-refractivity contribution in [2.45, 2.75) is 0 Å². The van der Waals surface area contributed by atoms with E-state index in [0.29, 0.717) is 12.1 Å². The molecule has 1 aromatic heterocycles. The van der Waals surface area contributed by atoms with Crippen molar-refractivity contribution in [3.63, 3.8) is 0 Å². The largest absolute Gasteiger partial charge is 0.322 e. The number of hydrogen-bond acceptors (Lipinski definition) is 4. The normalized spacial score (nSPS) is 16.4. The molecule has 104 valence electrons. The first-order chi connectivity index (χ1) is 9.72. The molecule has 0 amide bonds. The van der Waals surface area contributed by atoms with Crippen LogP contribution in [0.3, 0.4) is 0 Å². The molecular weight excluding hydrogens is 254 g/mol. The number of aromatic amines is 1. The molecule has 0 unspecified atom stereocenters. The van der Waals surface area contributed by atoms with Crippen molar-refractivity contribution >= 4 is 16.7 Å². The molecule has 0 spiro atoms. The Morgan fingerprint density at radius 1 is 1.15 bits per heavy atom. The van der Waals surface area contributed by atoms with Gasteiger partial charge in [-0.3, -0.25) is 14.5 Å². The maximum atomic E-state index is 12.3. The van der Waals surface area contributed by atoms with Crippen LogP contribution in [-0.2, 0) is 0 Å². The van der Waals surface area contributed by atoms with Crippen molar-refractivity contribution in [1.82, 2.24) is 15.2 Å². The van der Waals surface area contributed by atoms with Gasteiger partial charge in [-0.25, -0.2) is 0 Å². The molecule has 5 nitrogen and oxygen atoms in total. The van der Waals surface area contributed by atoms with Gasteiger partial charge in [0, 0.05) is 43.3 Å². The quantitative estimate of drug-likeness (QED) is 0.803. The van der Waals surface area contributed by atoms with Crippen LogP contribution in [0.2, 0.25) is 0 Å². The number of hydrogen-bond donors (Lipinski definition) is 2. The van der Waals surface area contributed by atoms with Gasteiger partial charge in [0.25, 0.3) is 0 Å². The van der Waals surface area contributed by atoms with E-state index in [-0.39, 0.29) is 11.3 Å². The van der Waals surface area contributed by atoms with Crippen molar-refractivity contribution < 1.29 is 4.79 Å². The number of nitrogens with zero attached hydrogens (tertiary/aromatic N) is 1. The van der Waals surface area contributed by atoms with Crippen LogP contribution in [0.25, 0.3) is 10.9 Å². The molecule has 2 aromatic rings. The van der Waals surface area contributed by atoms with Gasteiger partial charge < -0.3 is 10.3 Å². The molecule has 1 aliphatic rings. The van der Waals surface area contributed by atoms with Crippen molar-refractivity contribution in [2.75, 3.05) is 32.7 Å². The molecule has 2 heterocycles. The maximum Gasteiger partial charge on any atom is 0.248 e. The van der Waals surface area contributed by atoms with E-state index in [0.717, 1.165) is 37.1 Å². The summed E-state index contributed by atoms with van der Waals surface area (Å²) >= 11 is 0. The minimum Gasteiger partial charge on any atom is -0.322 e. The lowest BCUT2D eigenvalue weighted by atomic mass is 10.1. The minimum atomic E-state index is -0.127. The Kier molecular flexibility index (Phi) is 3.62. The van der Waals surface area contributed by atoms with Crippen LogP contribution in [0.15, 0.2) is 35.1 Å². The molecule has 1 aromatic carbocycles. The number of carbonyl (C=O) groups excluding carboxylic acids is 1. The number of H-pyrrole nitrogens is 1. The number of fused-ring (bicyclic) bond motifs is 1. The van der Waals surface area contributed by atoms with Gasteiger partial charge in [0.05, 0.1) is 6.54 Å². The molecule has 3 rings (SSSR count). The molecule has 1 fully saturated rings. The molecule has 0 atom stereocenters.